The topological polar surface area (TPSA) is 137 Å². The molecule has 6 aromatic rings. The first-order valence-corrected chi connectivity index (χ1v) is 27.9. The molecule has 0 radical (unpaired) electrons. The molecule has 0 aliphatic carbocycles. The maximum absolute atomic E-state index is 12.4. The average molecular weight is 1120 g/mol. The normalized spacial score (nSPS) is 15.7. The van der Waals surface area contributed by atoms with Crippen LogP contribution in [-0.2, 0) is 49.9 Å². The van der Waals surface area contributed by atoms with Crippen molar-refractivity contribution in [2.75, 3.05) is 93.1 Å². The Bertz CT molecular complexity index is 2650. The van der Waals surface area contributed by atoms with Crippen LogP contribution in [0.15, 0.2) is 97.8 Å². The summed E-state index contributed by atoms with van der Waals surface area (Å²) in [5.41, 5.74) is 11.0. The van der Waals surface area contributed by atoms with Gasteiger partial charge in [0.2, 0.25) is 0 Å². The summed E-state index contributed by atoms with van der Waals surface area (Å²) in [6.45, 7) is 9.46. The molecule has 2 atom stereocenters. The number of urea groups is 1. The van der Waals surface area contributed by atoms with Crippen LogP contribution in [0.3, 0.4) is 0 Å². The highest BCUT2D eigenvalue weighted by Crippen LogP contribution is 2.41. The number of unbranched alkanes of at least 4 members (excludes halogenated alkanes) is 2. The minimum atomic E-state index is -0.229. The Kier molecular flexibility index (Phi) is 22.0. The lowest BCUT2D eigenvalue weighted by Crippen LogP contribution is -2.37. The first-order valence-electron chi connectivity index (χ1n) is 26.4. The van der Waals surface area contributed by atoms with Gasteiger partial charge < -0.3 is 48.5 Å². The highest BCUT2D eigenvalue weighted by Gasteiger charge is 2.29. The molecule has 0 fully saturated rings. The fourth-order valence-electron chi connectivity index (χ4n) is 9.96. The van der Waals surface area contributed by atoms with E-state index in [-0.39, 0.29) is 23.7 Å². The Labute approximate surface area is 467 Å². The molecule has 76 heavy (non-hydrogen) atoms. The van der Waals surface area contributed by atoms with E-state index < -0.39 is 0 Å². The molecule has 4 heterocycles. The third kappa shape index (κ3) is 16.8. The second-order valence-corrected chi connectivity index (χ2v) is 21.4. The standard InChI is InChI=1S/C58H70Cl4N8O6/c1-67-33-50(48-29-45(59)31-54(61)52(48)35-67)41-9-6-11-43(27-41)56-37-69(39-65-56)17-21-75-25-23-73-19-8-14-47(71)13-4-3-5-15-63-58(72)64-16-20-74-24-26-76-22-18-70-38-57(66-40-70)44-12-7-10-42(28-44)51-34-68(2)36-53-49(51)30-46(60)32-55(53)62/h6-7,9-12,27-32,37-40,50-51H,3-5,8,13-26,33-36H2,1-2H3,(H2,63,64,72)/t50-,51-/m0/s1. The number of ketones is 1. The highest BCUT2D eigenvalue weighted by molar-refractivity contribution is 6.35. The molecule has 0 unspecified atom stereocenters. The molecule has 0 saturated carbocycles. The lowest BCUT2D eigenvalue weighted by atomic mass is 9.84. The number of hydrogen-bond acceptors (Lipinski definition) is 10. The van der Waals surface area contributed by atoms with Crippen LogP contribution in [0.2, 0.25) is 20.1 Å². The van der Waals surface area contributed by atoms with Gasteiger partial charge in [-0.15, -0.1) is 0 Å². The molecule has 0 saturated heterocycles. The van der Waals surface area contributed by atoms with Gasteiger partial charge in [-0.3, -0.25) is 4.79 Å². The van der Waals surface area contributed by atoms with Crippen molar-refractivity contribution in [3.8, 4) is 22.5 Å². The zero-order valence-electron chi connectivity index (χ0n) is 43.6. The summed E-state index contributed by atoms with van der Waals surface area (Å²) in [6.07, 6.45) is 12.0. The summed E-state index contributed by atoms with van der Waals surface area (Å²) >= 11 is 26.1. The molecule has 406 valence electrons. The number of nitrogens with zero attached hydrogens (tertiary/aromatic N) is 6. The van der Waals surface area contributed by atoms with E-state index in [1.807, 2.05) is 52.4 Å². The molecular formula is C58H70Cl4N8O6. The molecule has 2 aliphatic rings. The number of Topliss-reactive ketones (excluding diaryl/α,β-unsaturated/α-hetero) is 1. The van der Waals surface area contributed by atoms with E-state index >= 15 is 0 Å². The lowest BCUT2D eigenvalue weighted by Gasteiger charge is -2.33. The summed E-state index contributed by atoms with van der Waals surface area (Å²) in [5.74, 6) is 0.554. The van der Waals surface area contributed by atoms with Gasteiger partial charge in [0, 0.05) is 127 Å². The Balaban J connectivity index is 0.585. The molecule has 2 N–H and O–H groups in total. The van der Waals surface area contributed by atoms with Crippen LogP contribution in [0.5, 0.6) is 0 Å². The van der Waals surface area contributed by atoms with Crippen molar-refractivity contribution in [3.05, 3.63) is 151 Å². The minimum absolute atomic E-state index is 0.156. The van der Waals surface area contributed by atoms with Crippen LogP contribution in [0.4, 0.5) is 4.79 Å². The third-order valence-electron chi connectivity index (χ3n) is 13.8. The summed E-state index contributed by atoms with van der Waals surface area (Å²) in [4.78, 5) is 38.5. The number of ether oxygens (including phenoxy) is 4. The Morgan fingerprint density at radius 2 is 1.05 bits per heavy atom. The van der Waals surface area contributed by atoms with Crippen molar-refractivity contribution in [3.63, 3.8) is 0 Å². The lowest BCUT2D eigenvalue weighted by molar-refractivity contribution is -0.119. The van der Waals surface area contributed by atoms with Gasteiger partial charge in [-0.1, -0.05) is 89.2 Å². The second-order valence-electron chi connectivity index (χ2n) is 19.7. The van der Waals surface area contributed by atoms with Crippen LogP contribution in [0.1, 0.15) is 83.7 Å². The largest absolute Gasteiger partial charge is 0.379 e. The number of carbonyl (C=O) groups is 2. The summed E-state index contributed by atoms with van der Waals surface area (Å²) in [7, 11) is 4.23. The van der Waals surface area contributed by atoms with E-state index in [9.17, 15) is 9.59 Å². The predicted molar refractivity (Wildman–Crippen MR) is 302 cm³/mol. The number of halogens is 4. The van der Waals surface area contributed by atoms with Gasteiger partial charge in [0.25, 0.3) is 0 Å². The molecule has 0 spiro atoms. The van der Waals surface area contributed by atoms with Crippen LogP contribution < -0.4 is 10.6 Å². The van der Waals surface area contributed by atoms with E-state index in [2.05, 4.69) is 99.1 Å². The fourth-order valence-corrected chi connectivity index (χ4v) is 11.1. The first kappa shape index (κ1) is 57.3. The maximum Gasteiger partial charge on any atom is 0.314 e. The van der Waals surface area contributed by atoms with Crippen LogP contribution in [-0.4, -0.2) is 134 Å². The van der Waals surface area contributed by atoms with Gasteiger partial charge in [-0.25, -0.2) is 14.8 Å². The van der Waals surface area contributed by atoms with E-state index in [1.54, 1.807) is 0 Å². The second kappa shape index (κ2) is 29.2. The minimum Gasteiger partial charge on any atom is -0.379 e. The molecule has 2 aromatic heterocycles. The Morgan fingerprint density at radius 3 is 1.59 bits per heavy atom. The van der Waals surface area contributed by atoms with Crippen molar-refractivity contribution in [2.45, 2.75) is 76.5 Å². The van der Waals surface area contributed by atoms with Crippen LogP contribution in [0.25, 0.3) is 22.5 Å². The van der Waals surface area contributed by atoms with Crippen molar-refractivity contribution < 1.29 is 28.5 Å². The molecule has 2 amide bonds. The number of likely N-dealkylation sites (N-methyl/N-ethyl adjacent to an activating group) is 2. The summed E-state index contributed by atoms with van der Waals surface area (Å²) < 4.78 is 27.0. The number of rotatable bonds is 29. The highest BCUT2D eigenvalue weighted by atomic mass is 35.5. The smallest absolute Gasteiger partial charge is 0.314 e. The zero-order valence-corrected chi connectivity index (χ0v) is 46.6. The number of nitrogens with one attached hydrogen (secondary N) is 2. The molecular weight excluding hydrogens is 1050 g/mol. The van der Waals surface area contributed by atoms with E-state index in [0.29, 0.717) is 118 Å². The quantitative estimate of drug-likeness (QED) is 0.0437. The summed E-state index contributed by atoms with van der Waals surface area (Å²) in [6, 6.07) is 24.6. The van der Waals surface area contributed by atoms with Gasteiger partial charge in [0.1, 0.15) is 5.78 Å². The third-order valence-corrected chi connectivity index (χ3v) is 15.0. The van der Waals surface area contributed by atoms with Crippen molar-refractivity contribution >= 4 is 58.2 Å². The molecule has 18 heteroatoms. The van der Waals surface area contributed by atoms with Gasteiger partial charge in [-0.2, -0.15) is 0 Å². The zero-order chi connectivity index (χ0) is 53.2. The number of hydrogen-bond donors (Lipinski definition) is 2. The Hall–Kier alpha value is -4.84. The number of imidazole rings is 2. The van der Waals surface area contributed by atoms with Crippen molar-refractivity contribution in [1.29, 1.82) is 0 Å². The van der Waals surface area contributed by atoms with Gasteiger partial charge in [-0.05, 0) is 103 Å². The van der Waals surface area contributed by atoms with Crippen molar-refractivity contribution in [2.24, 2.45) is 0 Å². The van der Waals surface area contributed by atoms with Gasteiger partial charge in [0.15, 0.2) is 0 Å². The van der Waals surface area contributed by atoms with Gasteiger partial charge >= 0.3 is 6.03 Å². The fraction of sp³-hybridized carbons (Fsp3) is 0.448. The van der Waals surface area contributed by atoms with E-state index in [4.69, 9.17) is 65.4 Å². The van der Waals surface area contributed by atoms with E-state index in [0.717, 1.165) is 79.1 Å². The van der Waals surface area contributed by atoms with Gasteiger partial charge in [0.05, 0.1) is 70.3 Å². The molecule has 0 bridgehead atoms. The van der Waals surface area contributed by atoms with Crippen LogP contribution in [0, 0.1) is 0 Å². The van der Waals surface area contributed by atoms with E-state index in [1.165, 1.54) is 22.3 Å². The number of amides is 2. The first-order chi connectivity index (χ1) is 37.0. The SMILES string of the molecule is CN1Cc2c(Cl)cc(Cl)cc2[C@H](c2cccc(-c3cn(CCOCCOCCCC(=O)CCCCCNC(=O)NCCOCCOCCn4cnc(-c5cccc([C@@H]6CN(C)Cc7c(Cl)cc(Cl)cc76)c5)c4)cn3)c2)C1. The molecule has 8 rings (SSSR count). The maximum atomic E-state index is 12.4. The molecule has 2 aliphatic heterocycles. The average Bonchev–Trinajstić information content (AvgIpc) is 4.14. The summed E-state index contributed by atoms with van der Waals surface area (Å²) in [5, 5.41) is 8.42. The van der Waals surface area contributed by atoms with Crippen molar-refractivity contribution in [1.82, 2.24) is 39.5 Å². The predicted octanol–water partition coefficient (Wildman–Crippen LogP) is 11.2. The van der Waals surface area contributed by atoms with Crippen LogP contribution >= 0.6 is 46.4 Å². The molecule has 4 aromatic carbocycles. The number of aromatic nitrogens is 4. The Morgan fingerprint density at radius 1 is 0.566 bits per heavy atom. The molecule has 14 nitrogen and oxygen atoms in total. The number of fused-ring (bicyclic) bond motifs is 2. The monoisotopic (exact) mass is 1110 g/mol. The number of carbonyl (C=O) groups excluding carboxylic acids is 2. The number of benzene rings is 4.